The minimum atomic E-state index is -1.26. The van der Waals surface area contributed by atoms with Crippen molar-refractivity contribution in [3.8, 4) is 0 Å². The minimum absolute atomic E-state index is 0.321. The molecule has 0 aliphatic carbocycles. The second-order valence-electron chi connectivity index (χ2n) is 5.72. The van der Waals surface area contributed by atoms with Crippen molar-refractivity contribution in [3.05, 3.63) is 29.3 Å². The van der Waals surface area contributed by atoms with Crippen molar-refractivity contribution in [2.24, 2.45) is 4.99 Å². The number of aliphatic imine (C=N–C) groups is 1. The average molecular weight is 405 g/mol. The Morgan fingerprint density at radius 2 is 1.92 bits per heavy atom. The van der Waals surface area contributed by atoms with Crippen LogP contribution in [0.2, 0.25) is 5.02 Å². The first-order valence-electron chi connectivity index (χ1n) is 7.53. The molecule has 2 aliphatic rings. The minimum Gasteiger partial charge on any atom is -0.394 e. The summed E-state index contributed by atoms with van der Waals surface area (Å²) < 4.78 is 0. The van der Waals surface area contributed by atoms with Crippen molar-refractivity contribution in [2.75, 3.05) is 6.61 Å². The number of halogens is 1. The van der Waals surface area contributed by atoms with Gasteiger partial charge in [0.2, 0.25) is 5.91 Å². The predicted molar refractivity (Wildman–Crippen MR) is 98.3 cm³/mol. The first-order valence-corrected chi connectivity index (χ1v) is 9.73. The number of carbonyl (C=O) groups is 1. The van der Waals surface area contributed by atoms with Gasteiger partial charge >= 0.3 is 0 Å². The van der Waals surface area contributed by atoms with E-state index in [1.165, 1.54) is 0 Å². The Bertz CT molecular complexity index is 674. The standard InChI is InChI=1S/C15H17ClN2O5S2/c16-6-1-3-7(4-2-6)17-15-18-14(23)13-12(25-15)10(22)9(21)11(24-13)8(20)5-19/h1-4,8-13,19-22H,5H2,(H,17,18,23)/t8-,9-,10-,11+,12-,13+/m0/s1. The van der Waals surface area contributed by atoms with Crippen molar-refractivity contribution in [2.45, 2.75) is 34.1 Å². The lowest BCUT2D eigenvalue weighted by Crippen LogP contribution is -2.62. The van der Waals surface area contributed by atoms with E-state index in [-0.39, 0.29) is 5.91 Å². The van der Waals surface area contributed by atoms with Crippen LogP contribution >= 0.6 is 35.1 Å². The number of hydrogen-bond acceptors (Lipinski definition) is 8. The van der Waals surface area contributed by atoms with Gasteiger partial charge in [-0.1, -0.05) is 23.4 Å². The Morgan fingerprint density at radius 1 is 1.24 bits per heavy atom. The van der Waals surface area contributed by atoms with E-state index in [4.69, 9.17) is 16.7 Å². The van der Waals surface area contributed by atoms with E-state index in [1.54, 1.807) is 24.3 Å². The van der Waals surface area contributed by atoms with Crippen LogP contribution in [0, 0.1) is 0 Å². The van der Waals surface area contributed by atoms with Crippen molar-refractivity contribution in [1.29, 1.82) is 0 Å². The molecule has 10 heteroatoms. The summed E-state index contributed by atoms with van der Waals surface area (Å²) in [4.78, 5) is 16.7. The van der Waals surface area contributed by atoms with Crippen LogP contribution in [-0.4, -0.2) is 72.2 Å². The average Bonchev–Trinajstić information content (AvgIpc) is 2.60. The zero-order chi connectivity index (χ0) is 18.1. The molecule has 0 bridgehead atoms. The SMILES string of the molecule is O=C1NC(=Nc2ccc(Cl)cc2)S[C@H]2[C@@H](O)[C@H](O)[C@@H]([C@@H](O)CO)S[C@@H]12. The summed E-state index contributed by atoms with van der Waals surface area (Å²) in [5.41, 5.74) is 0.595. The highest BCUT2D eigenvalue weighted by Gasteiger charge is 2.51. The maximum Gasteiger partial charge on any atom is 0.240 e. The van der Waals surface area contributed by atoms with Crippen LogP contribution in [0.15, 0.2) is 29.3 Å². The maximum atomic E-state index is 12.4. The molecule has 6 atom stereocenters. The van der Waals surface area contributed by atoms with E-state index in [1.807, 2.05) is 0 Å². The van der Waals surface area contributed by atoms with Crippen molar-refractivity contribution < 1.29 is 25.2 Å². The first-order chi connectivity index (χ1) is 11.9. The normalized spacial score (nSPS) is 35.2. The van der Waals surface area contributed by atoms with E-state index in [9.17, 15) is 20.1 Å². The molecule has 5 N–H and O–H groups in total. The summed E-state index contributed by atoms with van der Waals surface area (Å²) in [5, 5.41) is 41.0. The van der Waals surface area contributed by atoms with E-state index in [2.05, 4.69) is 10.3 Å². The number of amidine groups is 1. The molecular formula is C15H17ClN2O5S2. The molecule has 0 saturated carbocycles. The number of benzene rings is 1. The van der Waals surface area contributed by atoms with E-state index in [0.717, 1.165) is 23.5 Å². The van der Waals surface area contributed by atoms with Crippen LogP contribution in [0.5, 0.6) is 0 Å². The van der Waals surface area contributed by atoms with Crippen LogP contribution in [0.3, 0.4) is 0 Å². The zero-order valence-electron chi connectivity index (χ0n) is 12.8. The lowest BCUT2D eigenvalue weighted by atomic mass is 10.00. The van der Waals surface area contributed by atoms with Gasteiger partial charge < -0.3 is 25.7 Å². The summed E-state index contributed by atoms with van der Waals surface area (Å²) in [5.74, 6) is -0.359. The fourth-order valence-corrected chi connectivity index (χ4v) is 5.72. The highest BCUT2D eigenvalue weighted by atomic mass is 35.5. The Labute approximate surface area is 157 Å². The maximum absolute atomic E-state index is 12.4. The lowest BCUT2D eigenvalue weighted by Gasteiger charge is -2.44. The highest BCUT2D eigenvalue weighted by Crippen LogP contribution is 2.42. The molecule has 0 spiro atoms. The molecule has 2 heterocycles. The number of nitrogens with zero attached hydrogens (tertiary/aromatic N) is 1. The Balaban J connectivity index is 1.80. The van der Waals surface area contributed by atoms with Crippen molar-refractivity contribution >= 4 is 51.9 Å². The number of hydrogen-bond donors (Lipinski definition) is 5. The molecule has 2 saturated heterocycles. The van der Waals surface area contributed by atoms with E-state index < -0.39 is 40.7 Å². The molecule has 0 unspecified atom stereocenters. The van der Waals surface area contributed by atoms with Gasteiger partial charge in [-0.3, -0.25) is 4.79 Å². The van der Waals surface area contributed by atoms with Crippen LogP contribution in [0.4, 0.5) is 5.69 Å². The molecule has 7 nitrogen and oxygen atoms in total. The number of aliphatic hydroxyl groups excluding tert-OH is 4. The fourth-order valence-electron chi connectivity index (χ4n) is 2.68. The highest BCUT2D eigenvalue weighted by molar-refractivity contribution is 8.15. The fraction of sp³-hybridized carbons (Fsp3) is 0.467. The molecule has 1 amide bonds. The predicted octanol–water partition coefficient (Wildman–Crippen LogP) is 0.118. The van der Waals surface area contributed by atoms with Crippen molar-refractivity contribution in [1.82, 2.24) is 5.32 Å². The molecule has 0 aromatic heterocycles. The van der Waals surface area contributed by atoms with Gasteiger partial charge in [-0.25, -0.2) is 4.99 Å². The molecule has 2 aliphatic heterocycles. The summed E-state index contributed by atoms with van der Waals surface area (Å²) in [6.45, 7) is -0.559. The quantitative estimate of drug-likeness (QED) is 0.485. The first kappa shape index (κ1) is 19.0. The molecule has 2 fully saturated rings. The van der Waals surface area contributed by atoms with Crippen LogP contribution < -0.4 is 5.32 Å². The summed E-state index contributed by atoms with van der Waals surface area (Å²) in [7, 11) is 0. The molecule has 1 aromatic rings. The number of rotatable bonds is 3. The number of amides is 1. The smallest absolute Gasteiger partial charge is 0.240 e. The van der Waals surface area contributed by atoms with Gasteiger partial charge in [-0.05, 0) is 24.3 Å². The van der Waals surface area contributed by atoms with Crippen LogP contribution in [0.1, 0.15) is 0 Å². The Kier molecular flexibility index (Phi) is 5.94. The summed E-state index contributed by atoms with van der Waals surface area (Å²) in [6, 6.07) is 6.75. The second kappa shape index (κ2) is 7.83. The molecule has 1 aromatic carbocycles. The Hall–Kier alpha value is -0.810. The van der Waals surface area contributed by atoms with Gasteiger partial charge in [-0.2, -0.15) is 0 Å². The summed E-state index contributed by atoms with van der Waals surface area (Å²) in [6.07, 6.45) is -3.72. The zero-order valence-corrected chi connectivity index (χ0v) is 15.2. The van der Waals surface area contributed by atoms with Crippen LogP contribution in [-0.2, 0) is 4.79 Å². The molecule has 25 heavy (non-hydrogen) atoms. The third-order valence-electron chi connectivity index (χ3n) is 3.99. The van der Waals surface area contributed by atoms with Gasteiger partial charge in [0.1, 0.15) is 0 Å². The number of carbonyl (C=O) groups excluding carboxylic acids is 1. The second-order valence-corrected chi connectivity index (χ2v) is 8.65. The number of nitrogens with one attached hydrogen (secondary N) is 1. The van der Waals surface area contributed by atoms with E-state index >= 15 is 0 Å². The molecule has 0 radical (unpaired) electrons. The monoisotopic (exact) mass is 404 g/mol. The van der Waals surface area contributed by atoms with E-state index in [0.29, 0.717) is 15.9 Å². The molecule has 136 valence electrons. The van der Waals surface area contributed by atoms with Gasteiger partial charge in [-0.15, -0.1) is 11.8 Å². The largest absolute Gasteiger partial charge is 0.394 e. The Morgan fingerprint density at radius 3 is 2.56 bits per heavy atom. The lowest BCUT2D eigenvalue weighted by molar-refractivity contribution is -0.120. The number of thioether (sulfide) groups is 2. The third kappa shape index (κ3) is 3.97. The molecule has 3 rings (SSSR count). The molecular weight excluding hydrogens is 388 g/mol. The van der Waals surface area contributed by atoms with Gasteiger partial charge in [0.05, 0.1) is 46.4 Å². The topological polar surface area (TPSA) is 122 Å². The summed E-state index contributed by atoms with van der Waals surface area (Å²) >= 11 is 8.04. The van der Waals surface area contributed by atoms with Gasteiger partial charge in [0, 0.05) is 5.02 Å². The number of aliphatic hydroxyl groups is 4. The van der Waals surface area contributed by atoms with Crippen LogP contribution in [0.25, 0.3) is 0 Å². The van der Waals surface area contributed by atoms with Crippen molar-refractivity contribution in [3.63, 3.8) is 0 Å². The number of fused-ring (bicyclic) bond motifs is 1. The third-order valence-corrected chi connectivity index (χ3v) is 7.36. The van der Waals surface area contributed by atoms with Gasteiger partial charge in [0.15, 0.2) is 5.17 Å². The van der Waals surface area contributed by atoms with Gasteiger partial charge in [0.25, 0.3) is 0 Å².